The monoisotopic (exact) mass is 226 g/mol. The molecular formula is C12H22N2O2. The number of hydrogen-bond donors (Lipinski definition) is 0. The molecule has 2 aliphatic heterocycles. The molecule has 2 saturated heterocycles. The lowest BCUT2D eigenvalue weighted by atomic mass is 9.97. The van der Waals surface area contributed by atoms with Crippen molar-refractivity contribution in [2.24, 2.45) is 0 Å². The second-order valence-electron chi connectivity index (χ2n) is 5.46. The second kappa shape index (κ2) is 4.24. The van der Waals surface area contributed by atoms with Crippen LogP contribution in [0.1, 0.15) is 32.6 Å². The van der Waals surface area contributed by atoms with E-state index in [9.17, 15) is 4.79 Å². The fourth-order valence-corrected chi connectivity index (χ4v) is 3.04. The molecule has 0 bridgehead atoms. The van der Waals surface area contributed by atoms with Gasteiger partial charge in [-0.1, -0.05) is 0 Å². The summed E-state index contributed by atoms with van der Waals surface area (Å²) in [7, 11) is 3.44. The van der Waals surface area contributed by atoms with Gasteiger partial charge in [-0.25, -0.2) is 4.79 Å². The van der Waals surface area contributed by atoms with Gasteiger partial charge in [0.15, 0.2) is 0 Å². The van der Waals surface area contributed by atoms with Crippen LogP contribution in [0.2, 0.25) is 0 Å². The number of rotatable bonds is 2. The Morgan fingerprint density at radius 3 is 2.94 bits per heavy atom. The standard InChI is InChI=1S/C12H22N2O2/c1-12-6-4-8-14(12)10(5-7-12)9-16-11(15)13(2)3/h10H,4-9H2,1-3H3/t10-,12-/m1/s1. The smallest absolute Gasteiger partial charge is 0.409 e. The van der Waals surface area contributed by atoms with E-state index in [4.69, 9.17) is 4.74 Å². The van der Waals surface area contributed by atoms with Crippen molar-refractivity contribution >= 4 is 6.09 Å². The molecule has 0 radical (unpaired) electrons. The van der Waals surface area contributed by atoms with Crippen LogP contribution in [-0.4, -0.2) is 54.7 Å². The highest BCUT2D eigenvalue weighted by Gasteiger charge is 2.45. The maximum atomic E-state index is 11.4. The van der Waals surface area contributed by atoms with E-state index in [1.54, 1.807) is 14.1 Å². The molecule has 2 aliphatic rings. The zero-order valence-corrected chi connectivity index (χ0v) is 10.5. The van der Waals surface area contributed by atoms with Crippen molar-refractivity contribution in [1.82, 2.24) is 9.80 Å². The Morgan fingerprint density at radius 1 is 1.50 bits per heavy atom. The van der Waals surface area contributed by atoms with E-state index in [2.05, 4.69) is 11.8 Å². The molecule has 0 aromatic rings. The van der Waals surface area contributed by atoms with Gasteiger partial charge in [-0.3, -0.25) is 4.90 Å². The molecule has 1 amide bonds. The molecule has 2 heterocycles. The first-order valence-corrected chi connectivity index (χ1v) is 6.14. The SMILES string of the molecule is CN(C)C(=O)OC[C@H]1CC[C@@]2(C)CCCN12. The highest BCUT2D eigenvalue weighted by atomic mass is 16.6. The molecule has 4 nitrogen and oxygen atoms in total. The molecule has 0 saturated carbocycles. The van der Waals surface area contributed by atoms with Gasteiger partial charge in [0.05, 0.1) is 0 Å². The van der Waals surface area contributed by atoms with E-state index in [0.717, 1.165) is 6.42 Å². The van der Waals surface area contributed by atoms with Crippen molar-refractivity contribution in [2.75, 3.05) is 27.2 Å². The van der Waals surface area contributed by atoms with Crippen LogP contribution >= 0.6 is 0 Å². The molecule has 0 spiro atoms. The van der Waals surface area contributed by atoms with Crippen molar-refractivity contribution in [3.63, 3.8) is 0 Å². The van der Waals surface area contributed by atoms with E-state index >= 15 is 0 Å². The van der Waals surface area contributed by atoms with Gasteiger partial charge >= 0.3 is 6.09 Å². The summed E-state index contributed by atoms with van der Waals surface area (Å²) in [5, 5.41) is 0. The third-order valence-corrected chi connectivity index (χ3v) is 4.03. The first-order chi connectivity index (χ1) is 7.53. The van der Waals surface area contributed by atoms with Gasteiger partial charge in [0.1, 0.15) is 6.61 Å². The lowest BCUT2D eigenvalue weighted by molar-refractivity contribution is 0.0731. The van der Waals surface area contributed by atoms with Crippen LogP contribution in [0.25, 0.3) is 0 Å². The first kappa shape index (κ1) is 11.7. The predicted molar refractivity (Wildman–Crippen MR) is 62.4 cm³/mol. The van der Waals surface area contributed by atoms with E-state index in [1.165, 1.54) is 30.7 Å². The Labute approximate surface area is 97.5 Å². The van der Waals surface area contributed by atoms with Crippen LogP contribution in [0, 0.1) is 0 Å². The van der Waals surface area contributed by atoms with Crippen LogP contribution in [-0.2, 0) is 4.74 Å². The van der Waals surface area contributed by atoms with Gasteiger partial charge in [0, 0.05) is 25.7 Å². The topological polar surface area (TPSA) is 32.8 Å². The molecule has 16 heavy (non-hydrogen) atoms. The molecule has 0 aromatic carbocycles. The summed E-state index contributed by atoms with van der Waals surface area (Å²) in [6.45, 7) is 4.06. The fraction of sp³-hybridized carbons (Fsp3) is 0.917. The largest absolute Gasteiger partial charge is 0.448 e. The van der Waals surface area contributed by atoms with Crippen molar-refractivity contribution in [3.8, 4) is 0 Å². The molecular weight excluding hydrogens is 204 g/mol. The van der Waals surface area contributed by atoms with Crippen molar-refractivity contribution in [3.05, 3.63) is 0 Å². The lowest BCUT2D eigenvalue weighted by Crippen LogP contribution is -2.42. The summed E-state index contributed by atoms with van der Waals surface area (Å²) < 4.78 is 5.29. The lowest BCUT2D eigenvalue weighted by Gasteiger charge is -2.31. The Kier molecular flexibility index (Phi) is 3.10. The third-order valence-electron chi connectivity index (χ3n) is 4.03. The molecule has 2 fully saturated rings. The summed E-state index contributed by atoms with van der Waals surface area (Å²) in [4.78, 5) is 15.4. The first-order valence-electron chi connectivity index (χ1n) is 6.14. The van der Waals surface area contributed by atoms with Gasteiger partial charge in [-0.2, -0.15) is 0 Å². The Hall–Kier alpha value is -0.770. The minimum absolute atomic E-state index is 0.229. The molecule has 0 aromatic heterocycles. The molecule has 0 aliphatic carbocycles. The van der Waals surface area contributed by atoms with Gasteiger partial charge < -0.3 is 9.64 Å². The summed E-state index contributed by atoms with van der Waals surface area (Å²) in [6, 6.07) is 0.441. The number of carbonyl (C=O) groups is 1. The average Bonchev–Trinajstić information content (AvgIpc) is 2.72. The zero-order valence-electron chi connectivity index (χ0n) is 10.5. The van der Waals surface area contributed by atoms with E-state index in [-0.39, 0.29) is 6.09 Å². The normalized spacial score (nSPS) is 33.8. The quantitative estimate of drug-likeness (QED) is 0.718. The van der Waals surface area contributed by atoms with Crippen LogP contribution in [0.5, 0.6) is 0 Å². The average molecular weight is 226 g/mol. The fourth-order valence-electron chi connectivity index (χ4n) is 3.04. The number of hydrogen-bond acceptors (Lipinski definition) is 3. The number of nitrogens with zero attached hydrogens (tertiary/aromatic N) is 2. The highest BCUT2D eigenvalue weighted by molar-refractivity contribution is 5.66. The zero-order chi connectivity index (χ0) is 11.8. The van der Waals surface area contributed by atoms with Gasteiger partial charge in [0.2, 0.25) is 0 Å². The number of carbonyl (C=O) groups excluding carboxylic acids is 1. The van der Waals surface area contributed by atoms with Gasteiger partial charge in [0.25, 0.3) is 0 Å². The van der Waals surface area contributed by atoms with Gasteiger partial charge in [-0.15, -0.1) is 0 Å². The number of fused-ring (bicyclic) bond motifs is 1. The van der Waals surface area contributed by atoms with Crippen molar-refractivity contribution < 1.29 is 9.53 Å². The summed E-state index contributed by atoms with van der Waals surface area (Å²) in [5.41, 5.74) is 0.384. The summed E-state index contributed by atoms with van der Waals surface area (Å²) in [5.74, 6) is 0. The molecule has 2 atom stereocenters. The summed E-state index contributed by atoms with van der Waals surface area (Å²) >= 11 is 0. The molecule has 2 rings (SSSR count). The summed E-state index contributed by atoms with van der Waals surface area (Å²) in [6.07, 6.45) is 4.77. The minimum atomic E-state index is -0.229. The second-order valence-corrected chi connectivity index (χ2v) is 5.46. The van der Waals surface area contributed by atoms with Crippen LogP contribution < -0.4 is 0 Å². The number of ether oxygens (including phenoxy) is 1. The van der Waals surface area contributed by atoms with Crippen molar-refractivity contribution in [2.45, 2.75) is 44.2 Å². The Bertz CT molecular complexity index is 280. The molecule has 4 heteroatoms. The maximum absolute atomic E-state index is 11.4. The molecule has 92 valence electrons. The molecule has 0 unspecified atom stereocenters. The van der Waals surface area contributed by atoms with E-state index in [0.29, 0.717) is 18.2 Å². The maximum Gasteiger partial charge on any atom is 0.409 e. The van der Waals surface area contributed by atoms with E-state index < -0.39 is 0 Å². The Morgan fingerprint density at radius 2 is 2.25 bits per heavy atom. The predicted octanol–water partition coefficient (Wildman–Crippen LogP) is 1.70. The van der Waals surface area contributed by atoms with Gasteiger partial charge in [-0.05, 0) is 39.2 Å². The van der Waals surface area contributed by atoms with Crippen LogP contribution in [0.3, 0.4) is 0 Å². The Balaban J connectivity index is 1.86. The van der Waals surface area contributed by atoms with Crippen LogP contribution in [0.15, 0.2) is 0 Å². The van der Waals surface area contributed by atoms with Crippen molar-refractivity contribution in [1.29, 1.82) is 0 Å². The third kappa shape index (κ3) is 2.03. The highest BCUT2D eigenvalue weighted by Crippen LogP contribution is 2.41. The van der Waals surface area contributed by atoms with E-state index in [1.807, 2.05) is 0 Å². The van der Waals surface area contributed by atoms with Crippen LogP contribution in [0.4, 0.5) is 4.79 Å². The minimum Gasteiger partial charge on any atom is -0.448 e. The number of amides is 1. The molecule has 0 N–H and O–H groups in total.